The number of piperidine rings is 1. The molecule has 5 nitrogen and oxygen atoms in total. The van der Waals surface area contributed by atoms with Gasteiger partial charge in [0.25, 0.3) is 9.35 Å². The maximum atomic E-state index is 12.2. The molecule has 0 aliphatic carbocycles. The lowest BCUT2D eigenvalue weighted by Gasteiger charge is -2.44. The first-order valence-corrected chi connectivity index (χ1v) is 9.71. The Labute approximate surface area is 162 Å². The van der Waals surface area contributed by atoms with Gasteiger partial charge in [-0.1, -0.05) is 54.7 Å². The summed E-state index contributed by atoms with van der Waals surface area (Å²) >= 11 is 18.6. The Hall–Kier alpha value is -0.750. The molecule has 3 rings (SSSR count). The number of fused-ring (bicyclic) bond motifs is 4. The fourth-order valence-corrected chi connectivity index (χ4v) is 4.64. The zero-order valence-corrected chi connectivity index (χ0v) is 16.5. The molecule has 2 bridgehead atoms. The van der Waals surface area contributed by atoms with Crippen LogP contribution in [0.3, 0.4) is 0 Å². The van der Waals surface area contributed by atoms with E-state index >= 15 is 0 Å². The number of carbonyl (C=O) groups is 1. The highest BCUT2D eigenvalue weighted by Gasteiger charge is 2.47. The smallest absolute Gasteiger partial charge is 0.262 e. The van der Waals surface area contributed by atoms with Crippen LogP contribution in [0.2, 0.25) is 0 Å². The molecule has 2 N–H and O–H groups in total. The quantitative estimate of drug-likeness (QED) is 0.743. The van der Waals surface area contributed by atoms with Crippen LogP contribution in [0.1, 0.15) is 31.9 Å². The highest BCUT2D eigenvalue weighted by atomic mass is 35.6. The van der Waals surface area contributed by atoms with Crippen molar-refractivity contribution in [3.05, 3.63) is 34.2 Å². The standard InChI is InChI=1S/C17H22Cl3N3O2/c1-10(2)15(25)21-16(17(18,19)20)22-7-11-6-12(9-22)13-4-3-5-14(24)23(13)8-11/h3-5,10-12,16H,6-9H2,1-2H3,(H,21,25)/p+1/t11-,12+,16-/m0/s1. The molecule has 3 heterocycles. The number of alkyl halides is 3. The van der Waals surface area contributed by atoms with Crippen molar-refractivity contribution >= 4 is 40.7 Å². The van der Waals surface area contributed by atoms with Crippen molar-refractivity contribution in [2.24, 2.45) is 11.8 Å². The maximum absolute atomic E-state index is 12.2. The third-order valence-corrected chi connectivity index (χ3v) is 5.82. The second-order valence-corrected chi connectivity index (χ2v) is 9.77. The minimum absolute atomic E-state index is 0.0432. The van der Waals surface area contributed by atoms with Gasteiger partial charge in [0.05, 0.1) is 13.1 Å². The first kappa shape index (κ1) is 19.0. The van der Waals surface area contributed by atoms with E-state index in [0.29, 0.717) is 12.5 Å². The van der Waals surface area contributed by atoms with Gasteiger partial charge in [-0.2, -0.15) is 0 Å². The van der Waals surface area contributed by atoms with Crippen molar-refractivity contribution in [3.63, 3.8) is 0 Å². The van der Waals surface area contributed by atoms with E-state index in [1.54, 1.807) is 12.1 Å². The summed E-state index contributed by atoms with van der Waals surface area (Å²) in [5.41, 5.74) is 1.08. The number of halogens is 3. The van der Waals surface area contributed by atoms with Crippen LogP contribution in [-0.2, 0) is 11.3 Å². The minimum Gasteiger partial charge on any atom is -0.312 e. The van der Waals surface area contributed by atoms with Gasteiger partial charge in [0.2, 0.25) is 12.1 Å². The molecule has 0 spiro atoms. The lowest BCUT2D eigenvalue weighted by Crippen LogP contribution is -3.21. The van der Waals surface area contributed by atoms with Crippen LogP contribution in [0.4, 0.5) is 0 Å². The van der Waals surface area contributed by atoms with Crippen LogP contribution < -0.4 is 15.8 Å². The number of likely N-dealkylation sites (tertiary alicyclic amines) is 1. The van der Waals surface area contributed by atoms with Crippen molar-refractivity contribution < 1.29 is 9.69 Å². The van der Waals surface area contributed by atoms with Crippen LogP contribution in [0.15, 0.2) is 23.0 Å². The van der Waals surface area contributed by atoms with E-state index in [1.807, 2.05) is 24.5 Å². The van der Waals surface area contributed by atoms with Crippen molar-refractivity contribution in [1.82, 2.24) is 9.88 Å². The fraction of sp³-hybridized carbons (Fsp3) is 0.647. The van der Waals surface area contributed by atoms with Gasteiger partial charge in [0.15, 0.2) is 0 Å². The number of pyridine rings is 1. The van der Waals surface area contributed by atoms with Crippen molar-refractivity contribution in [2.75, 3.05) is 13.1 Å². The van der Waals surface area contributed by atoms with Crippen LogP contribution in [-0.4, -0.2) is 33.5 Å². The highest BCUT2D eigenvalue weighted by molar-refractivity contribution is 6.68. The lowest BCUT2D eigenvalue weighted by molar-refractivity contribution is -0.937. The zero-order chi connectivity index (χ0) is 18.4. The Bertz CT molecular complexity index is 714. The molecule has 1 aromatic heterocycles. The second kappa shape index (κ2) is 7.10. The average molecular weight is 408 g/mol. The van der Waals surface area contributed by atoms with E-state index in [0.717, 1.165) is 30.1 Å². The summed E-state index contributed by atoms with van der Waals surface area (Å²) in [6, 6.07) is 5.40. The van der Waals surface area contributed by atoms with Gasteiger partial charge in [0, 0.05) is 36.1 Å². The van der Waals surface area contributed by atoms with Crippen LogP contribution in [0.5, 0.6) is 0 Å². The number of quaternary nitrogens is 1. The summed E-state index contributed by atoms with van der Waals surface area (Å²) in [7, 11) is 0. The molecule has 1 saturated heterocycles. The zero-order valence-electron chi connectivity index (χ0n) is 14.3. The molecule has 1 unspecified atom stereocenters. The van der Waals surface area contributed by atoms with Gasteiger partial charge in [-0.05, 0) is 12.5 Å². The molecule has 1 fully saturated rings. The van der Waals surface area contributed by atoms with Gasteiger partial charge in [-0.25, -0.2) is 0 Å². The van der Waals surface area contributed by atoms with Crippen LogP contribution in [0.25, 0.3) is 0 Å². The summed E-state index contributed by atoms with van der Waals surface area (Å²) < 4.78 is 0.272. The van der Waals surface area contributed by atoms with Crippen molar-refractivity contribution in [2.45, 2.75) is 42.7 Å². The van der Waals surface area contributed by atoms with Gasteiger partial charge >= 0.3 is 0 Å². The molecule has 25 heavy (non-hydrogen) atoms. The van der Waals surface area contributed by atoms with Crippen molar-refractivity contribution in [3.8, 4) is 0 Å². The first-order chi connectivity index (χ1) is 11.7. The normalized spacial score (nSPS) is 26.9. The molecule has 2 aliphatic rings. The number of rotatable bonds is 3. The average Bonchev–Trinajstić information content (AvgIpc) is 2.52. The molecular weight excluding hydrogens is 385 g/mol. The molecule has 1 aromatic rings. The van der Waals surface area contributed by atoms with Gasteiger partial charge in [0.1, 0.15) is 0 Å². The summed E-state index contributed by atoms with van der Waals surface area (Å²) in [6.45, 7) is 5.78. The first-order valence-electron chi connectivity index (χ1n) is 8.58. The Balaban J connectivity index is 1.86. The van der Waals surface area contributed by atoms with Crippen LogP contribution in [0, 0.1) is 11.8 Å². The SMILES string of the molecule is CC(C)C(=O)N[C@@H]([NH+]1C[C@@H]2C[C@H](C1)c1cccc(=O)n1C2)C(Cl)(Cl)Cl. The van der Waals surface area contributed by atoms with E-state index in [9.17, 15) is 9.59 Å². The highest BCUT2D eigenvalue weighted by Crippen LogP contribution is 2.33. The lowest BCUT2D eigenvalue weighted by atomic mass is 9.83. The molecule has 8 heteroatoms. The third kappa shape index (κ3) is 4.00. The summed E-state index contributed by atoms with van der Waals surface area (Å²) in [6.07, 6.45) is 0.414. The number of nitrogens with zero attached hydrogens (tertiary/aromatic N) is 1. The van der Waals surface area contributed by atoms with E-state index < -0.39 is 9.96 Å². The molecule has 0 aromatic carbocycles. The second-order valence-electron chi connectivity index (χ2n) is 7.40. The monoisotopic (exact) mass is 406 g/mol. The Morgan fingerprint density at radius 1 is 1.32 bits per heavy atom. The van der Waals surface area contributed by atoms with Gasteiger partial charge in [-0.3, -0.25) is 9.59 Å². The molecule has 0 radical (unpaired) electrons. The number of amides is 1. The minimum atomic E-state index is -1.60. The van der Waals surface area contributed by atoms with E-state index in [1.165, 1.54) is 0 Å². The fourth-order valence-electron chi connectivity index (χ4n) is 4.01. The van der Waals surface area contributed by atoms with Crippen molar-refractivity contribution in [1.29, 1.82) is 0 Å². The largest absolute Gasteiger partial charge is 0.312 e. The summed E-state index contributed by atoms with van der Waals surface area (Å²) in [5, 5.41) is 2.91. The molecule has 4 atom stereocenters. The molecule has 138 valence electrons. The number of aromatic nitrogens is 1. The predicted octanol–water partition coefficient (Wildman–Crippen LogP) is 1.32. The number of nitrogens with one attached hydrogen (secondary N) is 2. The van der Waals surface area contributed by atoms with Gasteiger partial charge < -0.3 is 14.8 Å². The Morgan fingerprint density at radius 2 is 2.04 bits per heavy atom. The number of carbonyl (C=O) groups excluding carboxylic acids is 1. The summed E-state index contributed by atoms with van der Waals surface area (Å²) in [4.78, 5) is 25.4. The number of hydrogen-bond donors (Lipinski definition) is 2. The van der Waals surface area contributed by atoms with E-state index in [4.69, 9.17) is 34.8 Å². The molecule has 1 amide bonds. The Kier molecular flexibility index (Phi) is 5.41. The number of hydrogen-bond acceptors (Lipinski definition) is 2. The van der Waals surface area contributed by atoms with Crippen LogP contribution >= 0.6 is 34.8 Å². The predicted molar refractivity (Wildman–Crippen MR) is 99.3 cm³/mol. The Morgan fingerprint density at radius 3 is 2.68 bits per heavy atom. The third-order valence-electron chi connectivity index (χ3n) is 5.17. The van der Waals surface area contributed by atoms with E-state index in [2.05, 4.69) is 5.32 Å². The van der Waals surface area contributed by atoms with Gasteiger partial charge in [-0.15, -0.1) is 0 Å². The molecule has 2 aliphatic heterocycles. The molecular formula is C17H23Cl3N3O2+. The maximum Gasteiger partial charge on any atom is 0.262 e. The molecule has 0 saturated carbocycles. The van der Waals surface area contributed by atoms with E-state index in [-0.39, 0.29) is 23.3 Å². The topological polar surface area (TPSA) is 55.5 Å². The summed E-state index contributed by atoms with van der Waals surface area (Å²) in [5.74, 6) is 0.239.